The van der Waals surface area contributed by atoms with Crippen LogP contribution in [0.2, 0.25) is 5.02 Å². The summed E-state index contributed by atoms with van der Waals surface area (Å²) in [7, 11) is 0. The van der Waals surface area contributed by atoms with Gasteiger partial charge in [-0.25, -0.2) is 0 Å². The van der Waals surface area contributed by atoms with Crippen LogP contribution in [0.1, 0.15) is 52.7 Å². The molecule has 114 valence electrons. The Morgan fingerprint density at radius 3 is 2.15 bits per heavy atom. The molecule has 3 heteroatoms. The van der Waals surface area contributed by atoms with E-state index in [-0.39, 0.29) is 12.2 Å². The third-order valence-corrected chi connectivity index (χ3v) is 3.41. The molecule has 0 aromatic heterocycles. The number of halogens is 1. The van der Waals surface area contributed by atoms with Gasteiger partial charge in [0.15, 0.2) is 0 Å². The zero-order valence-electron chi connectivity index (χ0n) is 13.3. The summed E-state index contributed by atoms with van der Waals surface area (Å²) in [5.41, 5.74) is 1.18. The van der Waals surface area contributed by atoms with Gasteiger partial charge < -0.3 is 10.1 Å². The van der Waals surface area contributed by atoms with Crippen molar-refractivity contribution < 1.29 is 4.74 Å². The second kappa shape index (κ2) is 8.66. The van der Waals surface area contributed by atoms with Crippen LogP contribution in [0.15, 0.2) is 24.3 Å². The molecular weight excluding hydrogens is 270 g/mol. The molecule has 1 aromatic rings. The number of hydrogen-bond donors (Lipinski definition) is 1. The molecule has 2 nitrogen and oxygen atoms in total. The predicted octanol–water partition coefficient (Wildman–Crippen LogP) is 4.83. The van der Waals surface area contributed by atoms with Gasteiger partial charge in [0.05, 0.1) is 12.2 Å². The second-order valence-corrected chi connectivity index (χ2v) is 6.62. The summed E-state index contributed by atoms with van der Waals surface area (Å²) in [4.78, 5) is 0. The van der Waals surface area contributed by atoms with Crippen LogP contribution in [-0.2, 0) is 4.74 Å². The summed E-state index contributed by atoms with van der Waals surface area (Å²) in [6, 6.07) is 8.41. The Labute approximate surface area is 128 Å². The van der Waals surface area contributed by atoms with Gasteiger partial charge in [0, 0.05) is 17.6 Å². The van der Waals surface area contributed by atoms with Gasteiger partial charge >= 0.3 is 0 Å². The third-order valence-electron chi connectivity index (χ3n) is 3.15. The number of hydrogen-bond acceptors (Lipinski definition) is 2. The molecule has 0 fully saturated rings. The SMILES string of the molecule is CC(C)CC(C)OC(CNC(C)C)c1ccc(Cl)cc1. The number of rotatable bonds is 8. The molecule has 0 spiro atoms. The van der Waals surface area contributed by atoms with Crippen molar-refractivity contribution in [2.24, 2.45) is 5.92 Å². The molecule has 1 N–H and O–H groups in total. The molecular formula is C17H28ClNO. The van der Waals surface area contributed by atoms with Crippen LogP contribution in [0.4, 0.5) is 0 Å². The van der Waals surface area contributed by atoms with E-state index in [1.807, 2.05) is 12.1 Å². The monoisotopic (exact) mass is 297 g/mol. The summed E-state index contributed by atoms with van der Waals surface area (Å²) in [5.74, 6) is 0.647. The van der Waals surface area contributed by atoms with Crippen LogP contribution in [0.5, 0.6) is 0 Å². The van der Waals surface area contributed by atoms with Crippen molar-refractivity contribution in [1.82, 2.24) is 5.32 Å². The standard InChI is InChI=1S/C17H28ClNO/c1-12(2)10-14(5)20-17(11-19-13(3)4)15-6-8-16(18)9-7-15/h6-9,12-14,17,19H,10-11H2,1-5H3. The van der Waals surface area contributed by atoms with Gasteiger partial charge in [-0.2, -0.15) is 0 Å². The first kappa shape index (κ1) is 17.5. The lowest BCUT2D eigenvalue weighted by Crippen LogP contribution is -2.31. The Morgan fingerprint density at radius 2 is 1.65 bits per heavy atom. The van der Waals surface area contributed by atoms with E-state index >= 15 is 0 Å². The molecule has 1 rings (SSSR count). The fraction of sp³-hybridized carbons (Fsp3) is 0.647. The molecule has 0 amide bonds. The lowest BCUT2D eigenvalue weighted by atomic mass is 10.1. The van der Waals surface area contributed by atoms with Crippen molar-refractivity contribution in [2.45, 2.75) is 59.3 Å². The topological polar surface area (TPSA) is 21.3 Å². The Bertz CT molecular complexity index is 375. The van der Waals surface area contributed by atoms with Crippen molar-refractivity contribution in [3.63, 3.8) is 0 Å². The van der Waals surface area contributed by atoms with Crippen molar-refractivity contribution >= 4 is 11.6 Å². The maximum Gasteiger partial charge on any atom is 0.0952 e. The van der Waals surface area contributed by atoms with Crippen molar-refractivity contribution in [3.05, 3.63) is 34.9 Å². The minimum Gasteiger partial charge on any atom is -0.369 e. The maximum atomic E-state index is 6.23. The lowest BCUT2D eigenvalue weighted by molar-refractivity contribution is -0.0134. The Hall–Kier alpha value is -0.570. The molecule has 0 saturated carbocycles. The minimum absolute atomic E-state index is 0.0726. The van der Waals surface area contributed by atoms with Gasteiger partial charge in [-0.1, -0.05) is 51.4 Å². The van der Waals surface area contributed by atoms with E-state index in [1.54, 1.807) is 0 Å². The lowest BCUT2D eigenvalue weighted by Gasteiger charge is -2.25. The van der Waals surface area contributed by atoms with Gasteiger partial charge in [-0.15, -0.1) is 0 Å². The largest absolute Gasteiger partial charge is 0.369 e. The van der Waals surface area contributed by atoms with Crippen LogP contribution in [0, 0.1) is 5.92 Å². The molecule has 1 aromatic carbocycles. The minimum atomic E-state index is 0.0726. The normalized spacial score (nSPS) is 14.8. The van der Waals surface area contributed by atoms with E-state index in [2.05, 4.69) is 52.1 Å². The smallest absolute Gasteiger partial charge is 0.0952 e. The van der Waals surface area contributed by atoms with Crippen LogP contribution in [0.3, 0.4) is 0 Å². The van der Waals surface area contributed by atoms with Crippen LogP contribution >= 0.6 is 11.6 Å². The van der Waals surface area contributed by atoms with Gasteiger partial charge in [0.25, 0.3) is 0 Å². The Kier molecular flexibility index (Phi) is 7.57. The van der Waals surface area contributed by atoms with E-state index in [0.717, 1.165) is 18.0 Å². The van der Waals surface area contributed by atoms with Gasteiger partial charge in [0.2, 0.25) is 0 Å². The molecule has 0 radical (unpaired) electrons. The molecule has 20 heavy (non-hydrogen) atoms. The third kappa shape index (κ3) is 6.74. The van der Waals surface area contributed by atoms with Crippen molar-refractivity contribution in [2.75, 3.05) is 6.54 Å². The van der Waals surface area contributed by atoms with E-state index in [9.17, 15) is 0 Å². The predicted molar refractivity (Wildman–Crippen MR) is 87.3 cm³/mol. The van der Waals surface area contributed by atoms with Crippen LogP contribution in [0.25, 0.3) is 0 Å². The first-order valence-electron chi connectivity index (χ1n) is 7.52. The molecule has 0 aliphatic rings. The highest BCUT2D eigenvalue weighted by Crippen LogP contribution is 2.23. The first-order valence-corrected chi connectivity index (χ1v) is 7.90. The number of benzene rings is 1. The second-order valence-electron chi connectivity index (χ2n) is 6.18. The van der Waals surface area contributed by atoms with E-state index in [1.165, 1.54) is 5.56 Å². The highest BCUT2D eigenvalue weighted by molar-refractivity contribution is 6.30. The quantitative estimate of drug-likeness (QED) is 0.742. The summed E-state index contributed by atoms with van der Waals surface area (Å²) >= 11 is 5.96. The van der Waals surface area contributed by atoms with Gasteiger partial charge in [-0.3, -0.25) is 0 Å². The number of ether oxygens (including phenoxy) is 1. The average Bonchev–Trinajstić information content (AvgIpc) is 2.34. The Morgan fingerprint density at radius 1 is 1.05 bits per heavy atom. The van der Waals surface area contributed by atoms with Crippen molar-refractivity contribution in [1.29, 1.82) is 0 Å². The first-order chi connectivity index (χ1) is 9.38. The summed E-state index contributed by atoms with van der Waals surface area (Å²) in [6.45, 7) is 11.7. The maximum absolute atomic E-state index is 6.23. The Balaban J connectivity index is 2.71. The van der Waals surface area contributed by atoms with E-state index < -0.39 is 0 Å². The summed E-state index contributed by atoms with van der Waals surface area (Å²) in [6.07, 6.45) is 1.40. The average molecular weight is 298 g/mol. The van der Waals surface area contributed by atoms with Gasteiger partial charge in [0.1, 0.15) is 0 Å². The molecule has 2 atom stereocenters. The van der Waals surface area contributed by atoms with E-state index in [0.29, 0.717) is 12.0 Å². The zero-order chi connectivity index (χ0) is 15.1. The van der Waals surface area contributed by atoms with E-state index in [4.69, 9.17) is 16.3 Å². The summed E-state index contributed by atoms with van der Waals surface area (Å²) < 4.78 is 6.23. The molecule has 0 saturated heterocycles. The molecule has 0 bridgehead atoms. The number of nitrogens with one attached hydrogen (secondary N) is 1. The highest BCUT2D eigenvalue weighted by Gasteiger charge is 2.17. The van der Waals surface area contributed by atoms with Crippen molar-refractivity contribution in [3.8, 4) is 0 Å². The van der Waals surface area contributed by atoms with Crippen LogP contribution < -0.4 is 5.32 Å². The molecule has 0 heterocycles. The fourth-order valence-corrected chi connectivity index (χ4v) is 2.39. The molecule has 0 aliphatic heterocycles. The van der Waals surface area contributed by atoms with Gasteiger partial charge in [-0.05, 0) is 37.0 Å². The fourth-order valence-electron chi connectivity index (χ4n) is 2.26. The highest BCUT2D eigenvalue weighted by atomic mass is 35.5. The zero-order valence-corrected chi connectivity index (χ0v) is 14.1. The molecule has 2 unspecified atom stereocenters. The summed E-state index contributed by atoms with van der Waals surface area (Å²) in [5, 5.41) is 4.22. The van der Waals surface area contributed by atoms with Crippen LogP contribution in [-0.4, -0.2) is 18.7 Å². The molecule has 0 aliphatic carbocycles.